The van der Waals surface area contributed by atoms with Crippen molar-refractivity contribution < 1.29 is 9.84 Å². The third kappa shape index (κ3) is 3.31. The summed E-state index contributed by atoms with van der Waals surface area (Å²) in [6, 6.07) is 8.21. The number of benzene rings is 1. The number of piperidine rings is 1. The third-order valence-electron chi connectivity index (χ3n) is 7.08. The first-order chi connectivity index (χ1) is 16.1. The summed E-state index contributed by atoms with van der Waals surface area (Å²) >= 11 is 0. The number of hydrogen-bond acceptors (Lipinski definition) is 7. The van der Waals surface area contributed by atoms with Crippen molar-refractivity contribution in [2.45, 2.75) is 26.3 Å². The van der Waals surface area contributed by atoms with Gasteiger partial charge in [0.05, 0.1) is 31.6 Å². The number of anilines is 3. The smallest absolute Gasteiger partial charge is 0.248 e. The Balaban J connectivity index is 1.32. The van der Waals surface area contributed by atoms with Gasteiger partial charge in [-0.2, -0.15) is 4.98 Å². The van der Waals surface area contributed by atoms with Crippen LogP contribution in [0.25, 0.3) is 11.2 Å². The third-order valence-corrected chi connectivity index (χ3v) is 7.08. The molecule has 6 rings (SSSR count). The highest BCUT2D eigenvalue weighted by Crippen LogP contribution is 2.50. The first-order valence-electron chi connectivity index (χ1n) is 11.2. The van der Waals surface area contributed by atoms with Crippen LogP contribution in [-0.2, 0) is 0 Å². The molecule has 1 aliphatic carbocycles. The van der Waals surface area contributed by atoms with Crippen LogP contribution in [0.15, 0.2) is 43.0 Å². The van der Waals surface area contributed by atoms with Gasteiger partial charge in [0, 0.05) is 18.8 Å². The second-order valence-electron chi connectivity index (χ2n) is 9.04. The summed E-state index contributed by atoms with van der Waals surface area (Å²) in [6.45, 7) is 5.19. The van der Waals surface area contributed by atoms with Crippen molar-refractivity contribution in [3.8, 4) is 11.4 Å². The van der Waals surface area contributed by atoms with Gasteiger partial charge < -0.3 is 24.6 Å². The first kappa shape index (κ1) is 20.0. The highest BCUT2D eigenvalue weighted by Gasteiger charge is 2.52. The van der Waals surface area contributed by atoms with E-state index in [0.29, 0.717) is 23.6 Å². The molecule has 1 aromatic carbocycles. The van der Waals surface area contributed by atoms with Gasteiger partial charge in [-0.3, -0.25) is 0 Å². The van der Waals surface area contributed by atoms with E-state index in [1.165, 1.54) is 6.42 Å². The minimum absolute atomic E-state index is 0.121. The van der Waals surface area contributed by atoms with Crippen LogP contribution in [0.5, 0.6) is 5.75 Å². The summed E-state index contributed by atoms with van der Waals surface area (Å²) in [7, 11) is 1.68. The van der Waals surface area contributed by atoms with Crippen LogP contribution in [0, 0.1) is 25.7 Å². The summed E-state index contributed by atoms with van der Waals surface area (Å²) in [5, 5.41) is 17.8. The second-order valence-corrected chi connectivity index (χ2v) is 9.04. The molecule has 3 aromatic heterocycles. The van der Waals surface area contributed by atoms with Gasteiger partial charge in [-0.05, 0) is 61.4 Å². The standard InChI is InChI=1S/C24H27N7O2/c1-14-7-17(9-21(33-3)15(14)2)29-11-22(25-13-29)26-24-27-23(19-5-4-6-31(19)28-24)30-10-16-8-18(16)20(30)12-32/h4-7,9,11,13,16,18,20,32H,8,10,12H2,1-3H3,(H,26,28)/t16-,18-,20-/m0/s1. The number of rotatable bonds is 6. The fourth-order valence-electron chi connectivity index (χ4n) is 5.04. The molecule has 0 bridgehead atoms. The van der Waals surface area contributed by atoms with E-state index < -0.39 is 0 Å². The van der Waals surface area contributed by atoms with Crippen molar-refractivity contribution in [3.05, 3.63) is 54.1 Å². The topological polar surface area (TPSA) is 92.7 Å². The fourth-order valence-corrected chi connectivity index (χ4v) is 5.04. The van der Waals surface area contributed by atoms with Crippen LogP contribution in [0.1, 0.15) is 17.5 Å². The molecule has 2 aliphatic rings. The van der Waals surface area contributed by atoms with Gasteiger partial charge in [-0.1, -0.05) is 0 Å². The number of nitrogens with one attached hydrogen (secondary N) is 1. The number of methoxy groups -OCH3 is 1. The summed E-state index contributed by atoms with van der Waals surface area (Å²) in [5.74, 6) is 4.04. The number of aliphatic hydroxyl groups excluding tert-OH is 1. The first-order valence-corrected chi connectivity index (χ1v) is 11.2. The molecule has 4 heterocycles. The number of ether oxygens (including phenoxy) is 1. The molecular formula is C24H27N7O2. The molecule has 1 saturated carbocycles. The monoisotopic (exact) mass is 445 g/mol. The van der Waals surface area contributed by atoms with E-state index in [-0.39, 0.29) is 12.6 Å². The number of nitrogens with zero attached hydrogens (tertiary/aromatic N) is 6. The Morgan fingerprint density at radius 3 is 2.97 bits per heavy atom. The molecule has 9 heteroatoms. The van der Waals surface area contributed by atoms with Gasteiger partial charge in [0.25, 0.3) is 0 Å². The largest absolute Gasteiger partial charge is 0.496 e. The van der Waals surface area contributed by atoms with Crippen molar-refractivity contribution in [3.63, 3.8) is 0 Å². The quantitative estimate of drug-likeness (QED) is 0.471. The SMILES string of the molecule is COc1cc(-n2cnc(Nc3nc(N4C[C@@H]5C[C@@H]5[C@@H]4CO)c4cccn4n3)c2)cc(C)c1C. The van der Waals surface area contributed by atoms with Gasteiger partial charge in [-0.25, -0.2) is 9.50 Å². The van der Waals surface area contributed by atoms with Gasteiger partial charge >= 0.3 is 0 Å². The molecule has 33 heavy (non-hydrogen) atoms. The van der Waals surface area contributed by atoms with Gasteiger partial charge in [0.2, 0.25) is 5.95 Å². The lowest BCUT2D eigenvalue weighted by molar-refractivity contribution is 0.255. The van der Waals surface area contributed by atoms with Crippen LogP contribution in [0.4, 0.5) is 17.6 Å². The number of aromatic nitrogens is 5. The fraction of sp³-hybridized carbons (Fsp3) is 0.375. The zero-order valence-electron chi connectivity index (χ0n) is 18.9. The molecule has 4 aromatic rings. The maximum atomic E-state index is 9.98. The average molecular weight is 446 g/mol. The number of aliphatic hydroxyl groups is 1. The van der Waals surface area contributed by atoms with E-state index in [0.717, 1.165) is 40.4 Å². The van der Waals surface area contributed by atoms with Gasteiger partial charge in [0.15, 0.2) is 11.6 Å². The number of aryl methyl sites for hydroxylation is 1. The minimum atomic E-state index is 0.121. The van der Waals surface area contributed by atoms with E-state index >= 15 is 0 Å². The van der Waals surface area contributed by atoms with Crippen LogP contribution in [0.3, 0.4) is 0 Å². The van der Waals surface area contributed by atoms with Crippen LogP contribution < -0.4 is 15.0 Å². The number of hydrogen-bond donors (Lipinski definition) is 2. The molecule has 0 unspecified atom stereocenters. The Morgan fingerprint density at radius 1 is 1.27 bits per heavy atom. The molecule has 0 amide bonds. The van der Waals surface area contributed by atoms with Crippen molar-refractivity contribution in [2.24, 2.45) is 11.8 Å². The molecular weight excluding hydrogens is 418 g/mol. The Kier molecular flexibility index (Phi) is 4.55. The normalized spacial score (nSPS) is 21.5. The number of fused-ring (bicyclic) bond motifs is 2. The Morgan fingerprint density at radius 2 is 2.15 bits per heavy atom. The summed E-state index contributed by atoms with van der Waals surface area (Å²) < 4.78 is 9.29. The van der Waals surface area contributed by atoms with Crippen molar-refractivity contribution >= 4 is 23.1 Å². The van der Waals surface area contributed by atoms with Crippen LogP contribution in [-0.4, -0.2) is 55.6 Å². The molecule has 1 aliphatic heterocycles. The molecule has 2 fully saturated rings. The van der Waals surface area contributed by atoms with Gasteiger partial charge in [0.1, 0.15) is 17.6 Å². The van der Waals surface area contributed by atoms with E-state index in [1.54, 1.807) is 13.4 Å². The lowest BCUT2D eigenvalue weighted by atomic mass is 10.1. The summed E-state index contributed by atoms with van der Waals surface area (Å²) in [5.41, 5.74) is 4.19. The Bertz CT molecular complexity index is 1340. The predicted octanol–water partition coefficient (Wildman–Crippen LogP) is 3.10. The zero-order valence-corrected chi connectivity index (χ0v) is 18.9. The Labute approximate surface area is 191 Å². The number of imidazole rings is 1. The molecule has 3 atom stereocenters. The maximum Gasteiger partial charge on any atom is 0.248 e. The maximum absolute atomic E-state index is 9.98. The highest BCUT2D eigenvalue weighted by molar-refractivity contribution is 5.72. The van der Waals surface area contributed by atoms with Gasteiger partial charge in [-0.15, -0.1) is 5.10 Å². The highest BCUT2D eigenvalue weighted by atomic mass is 16.5. The lowest BCUT2D eigenvalue weighted by Crippen LogP contribution is -2.37. The molecule has 1 saturated heterocycles. The lowest BCUT2D eigenvalue weighted by Gasteiger charge is -2.27. The predicted molar refractivity (Wildman–Crippen MR) is 126 cm³/mol. The van der Waals surface area contributed by atoms with Crippen LogP contribution in [0.2, 0.25) is 0 Å². The summed E-state index contributed by atoms with van der Waals surface area (Å²) in [6.07, 6.45) is 6.79. The van der Waals surface area contributed by atoms with Crippen molar-refractivity contribution in [1.82, 2.24) is 24.1 Å². The molecule has 170 valence electrons. The second kappa shape index (κ2) is 7.48. The van der Waals surface area contributed by atoms with Crippen molar-refractivity contribution in [1.29, 1.82) is 0 Å². The Hall–Kier alpha value is -3.59. The summed E-state index contributed by atoms with van der Waals surface area (Å²) in [4.78, 5) is 11.6. The van der Waals surface area contributed by atoms with E-state index in [1.807, 2.05) is 39.7 Å². The molecule has 0 spiro atoms. The molecule has 0 radical (unpaired) electrons. The molecule has 2 N–H and O–H groups in total. The molecule has 9 nitrogen and oxygen atoms in total. The zero-order chi connectivity index (χ0) is 22.7. The van der Waals surface area contributed by atoms with E-state index in [9.17, 15) is 5.11 Å². The minimum Gasteiger partial charge on any atom is -0.496 e. The van der Waals surface area contributed by atoms with E-state index in [2.05, 4.69) is 40.2 Å². The van der Waals surface area contributed by atoms with Crippen LogP contribution >= 0.6 is 0 Å². The average Bonchev–Trinajstić information content (AvgIpc) is 3.17. The van der Waals surface area contributed by atoms with E-state index in [4.69, 9.17) is 9.72 Å². The van der Waals surface area contributed by atoms with Crippen molar-refractivity contribution in [2.75, 3.05) is 30.5 Å².